The lowest BCUT2D eigenvalue weighted by atomic mass is 10.2. The Hall–Kier alpha value is -1.90. The van der Waals surface area contributed by atoms with Crippen molar-refractivity contribution in [1.82, 2.24) is 0 Å². The van der Waals surface area contributed by atoms with Crippen LogP contribution in [0.3, 0.4) is 0 Å². The van der Waals surface area contributed by atoms with Gasteiger partial charge in [0.05, 0.1) is 31.3 Å². The van der Waals surface area contributed by atoms with Gasteiger partial charge in [0.2, 0.25) is 0 Å². The molecule has 0 unspecified atom stereocenters. The lowest BCUT2D eigenvalue weighted by molar-refractivity contribution is 0.102. The van der Waals surface area contributed by atoms with Crippen LogP contribution in [0.15, 0.2) is 70.5 Å². The Labute approximate surface area is 206 Å². The molecular formula is C22H19Cl3N2O3S2. The van der Waals surface area contributed by atoms with Crippen LogP contribution in [-0.4, -0.2) is 27.1 Å². The number of anilines is 2. The van der Waals surface area contributed by atoms with E-state index in [0.29, 0.717) is 16.9 Å². The quantitative estimate of drug-likeness (QED) is 0.269. The molecule has 10 heteroatoms. The van der Waals surface area contributed by atoms with Crippen LogP contribution in [0, 0.1) is 0 Å². The molecule has 32 heavy (non-hydrogen) atoms. The van der Waals surface area contributed by atoms with E-state index in [9.17, 15) is 13.2 Å². The third-order valence-corrected chi connectivity index (χ3v) is 8.31. The molecule has 0 spiro atoms. The van der Waals surface area contributed by atoms with Crippen LogP contribution in [0.1, 0.15) is 17.3 Å². The van der Waals surface area contributed by atoms with E-state index in [-0.39, 0.29) is 26.5 Å². The molecule has 168 valence electrons. The van der Waals surface area contributed by atoms with Gasteiger partial charge in [-0.25, -0.2) is 8.42 Å². The van der Waals surface area contributed by atoms with E-state index >= 15 is 0 Å². The maximum atomic E-state index is 13.1. The van der Waals surface area contributed by atoms with Crippen molar-refractivity contribution in [3.63, 3.8) is 0 Å². The van der Waals surface area contributed by atoms with E-state index in [1.165, 1.54) is 28.2 Å². The molecule has 0 saturated heterocycles. The summed E-state index contributed by atoms with van der Waals surface area (Å²) in [6.07, 6.45) is 1.93. The summed E-state index contributed by atoms with van der Waals surface area (Å²) in [5.74, 6) is -0.421. The second kappa shape index (κ2) is 10.4. The first-order chi connectivity index (χ1) is 15.2. The molecule has 3 rings (SSSR count). The van der Waals surface area contributed by atoms with Crippen LogP contribution in [0.2, 0.25) is 15.1 Å². The van der Waals surface area contributed by atoms with Gasteiger partial charge in [-0.05, 0) is 73.8 Å². The molecule has 0 heterocycles. The Morgan fingerprint density at radius 3 is 2.09 bits per heavy atom. The van der Waals surface area contributed by atoms with E-state index in [1.54, 1.807) is 55.5 Å². The molecule has 3 aromatic rings. The van der Waals surface area contributed by atoms with Crippen molar-refractivity contribution < 1.29 is 13.2 Å². The number of hydrogen-bond acceptors (Lipinski definition) is 4. The van der Waals surface area contributed by atoms with Crippen molar-refractivity contribution >= 4 is 73.9 Å². The maximum absolute atomic E-state index is 13.1. The van der Waals surface area contributed by atoms with Gasteiger partial charge >= 0.3 is 0 Å². The molecular weight excluding hydrogens is 511 g/mol. The summed E-state index contributed by atoms with van der Waals surface area (Å²) < 4.78 is 27.5. The third-order valence-electron chi connectivity index (χ3n) is 4.61. The predicted octanol–water partition coefficient (Wildman–Crippen LogP) is 6.84. The van der Waals surface area contributed by atoms with Crippen molar-refractivity contribution in [2.75, 3.05) is 22.4 Å². The molecule has 0 bridgehead atoms. The first kappa shape index (κ1) is 24.7. The normalized spacial score (nSPS) is 11.3. The second-order valence-electron chi connectivity index (χ2n) is 6.59. The first-order valence-corrected chi connectivity index (χ1v) is 13.2. The van der Waals surface area contributed by atoms with Crippen molar-refractivity contribution in [3.05, 3.63) is 81.3 Å². The minimum Gasteiger partial charge on any atom is -0.321 e. The zero-order valence-corrected chi connectivity index (χ0v) is 21.0. The fourth-order valence-electron chi connectivity index (χ4n) is 2.96. The van der Waals surface area contributed by atoms with E-state index in [4.69, 9.17) is 34.8 Å². The highest BCUT2D eigenvalue weighted by atomic mass is 35.5. The molecule has 0 radical (unpaired) electrons. The third kappa shape index (κ3) is 5.35. The Balaban J connectivity index is 1.82. The highest BCUT2D eigenvalue weighted by Gasteiger charge is 2.24. The van der Waals surface area contributed by atoms with Crippen molar-refractivity contribution in [2.45, 2.75) is 16.7 Å². The number of thioether (sulfide) groups is 1. The molecule has 3 aromatic carbocycles. The Morgan fingerprint density at radius 1 is 0.938 bits per heavy atom. The van der Waals surface area contributed by atoms with Gasteiger partial charge in [-0.15, -0.1) is 11.8 Å². The molecule has 0 atom stereocenters. The number of carbonyl (C=O) groups is 1. The second-order valence-corrected chi connectivity index (χ2v) is 10.6. The van der Waals surface area contributed by atoms with Gasteiger partial charge in [-0.2, -0.15) is 0 Å². The SMILES string of the molecule is CCN(c1ccc(C(=O)Nc2cc(Cl)c(Cl)cc2Cl)cc1)S(=O)(=O)c1ccc(SC)cc1. The number of benzene rings is 3. The van der Waals surface area contributed by atoms with Crippen molar-refractivity contribution in [1.29, 1.82) is 0 Å². The minimum atomic E-state index is -3.75. The average molecular weight is 530 g/mol. The van der Waals surface area contributed by atoms with Crippen LogP contribution in [0.25, 0.3) is 0 Å². The number of sulfonamides is 1. The summed E-state index contributed by atoms with van der Waals surface area (Å²) in [5.41, 5.74) is 1.10. The Bertz CT molecular complexity index is 1230. The molecule has 5 nitrogen and oxygen atoms in total. The van der Waals surface area contributed by atoms with Crippen LogP contribution in [-0.2, 0) is 10.0 Å². The van der Waals surface area contributed by atoms with Gasteiger partial charge in [0.15, 0.2) is 0 Å². The molecule has 0 aromatic heterocycles. The zero-order chi connectivity index (χ0) is 23.5. The van der Waals surface area contributed by atoms with E-state index in [0.717, 1.165) is 4.90 Å². The summed E-state index contributed by atoms with van der Waals surface area (Å²) in [6.45, 7) is 1.98. The van der Waals surface area contributed by atoms with Crippen LogP contribution in [0.5, 0.6) is 0 Å². The van der Waals surface area contributed by atoms with Crippen LogP contribution >= 0.6 is 46.6 Å². The summed E-state index contributed by atoms with van der Waals surface area (Å²) in [5, 5.41) is 3.47. The smallest absolute Gasteiger partial charge is 0.264 e. The number of amides is 1. The van der Waals surface area contributed by atoms with Gasteiger partial charge in [-0.3, -0.25) is 9.10 Å². The fraction of sp³-hybridized carbons (Fsp3) is 0.136. The maximum Gasteiger partial charge on any atom is 0.264 e. The largest absolute Gasteiger partial charge is 0.321 e. The summed E-state index contributed by atoms with van der Waals surface area (Å²) in [4.78, 5) is 13.8. The lowest BCUT2D eigenvalue weighted by Crippen LogP contribution is -2.30. The number of rotatable bonds is 7. The monoisotopic (exact) mass is 528 g/mol. The highest BCUT2D eigenvalue weighted by Crippen LogP contribution is 2.32. The first-order valence-electron chi connectivity index (χ1n) is 9.40. The van der Waals surface area contributed by atoms with Gasteiger partial charge in [0, 0.05) is 17.0 Å². The van der Waals surface area contributed by atoms with Gasteiger partial charge < -0.3 is 5.32 Å². The molecule has 0 aliphatic heterocycles. The van der Waals surface area contributed by atoms with Gasteiger partial charge in [0.1, 0.15) is 0 Å². The molecule has 0 fully saturated rings. The number of halogens is 3. The topological polar surface area (TPSA) is 66.5 Å². The molecule has 1 N–H and O–H groups in total. The minimum absolute atomic E-state index is 0.202. The van der Waals surface area contributed by atoms with E-state index in [1.807, 2.05) is 6.26 Å². The van der Waals surface area contributed by atoms with Crippen LogP contribution < -0.4 is 9.62 Å². The van der Waals surface area contributed by atoms with Crippen molar-refractivity contribution in [3.8, 4) is 0 Å². The fourth-order valence-corrected chi connectivity index (χ4v) is 5.43. The Kier molecular flexibility index (Phi) is 8.01. The number of nitrogens with one attached hydrogen (secondary N) is 1. The van der Waals surface area contributed by atoms with E-state index in [2.05, 4.69) is 5.32 Å². The molecule has 0 aliphatic carbocycles. The predicted molar refractivity (Wildman–Crippen MR) is 134 cm³/mol. The van der Waals surface area contributed by atoms with Crippen LogP contribution in [0.4, 0.5) is 11.4 Å². The van der Waals surface area contributed by atoms with Gasteiger partial charge in [-0.1, -0.05) is 34.8 Å². The van der Waals surface area contributed by atoms with Crippen molar-refractivity contribution in [2.24, 2.45) is 0 Å². The summed E-state index contributed by atoms with van der Waals surface area (Å²) >= 11 is 19.6. The Morgan fingerprint density at radius 2 is 1.53 bits per heavy atom. The number of hydrogen-bond donors (Lipinski definition) is 1. The average Bonchev–Trinajstić information content (AvgIpc) is 2.78. The number of nitrogens with zero attached hydrogens (tertiary/aromatic N) is 1. The summed E-state index contributed by atoms with van der Waals surface area (Å²) in [7, 11) is -3.75. The molecule has 0 saturated carbocycles. The van der Waals surface area contributed by atoms with Gasteiger partial charge in [0.25, 0.3) is 15.9 Å². The number of carbonyl (C=O) groups excluding carboxylic acids is 1. The molecule has 0 aliphatic rings. The zero-order valence-electron chi connectivity index (χ0n) is 17.1. The lowest BCUT2D eigenvalue weighted by Gasteiger charge is -2.23. The standard InChI is InChI=1S/C22H19Cl3N2O3S2/c1-3-27(32(29,30)17-10-8-16(31-2)9-11-17)15-6-4-14(5-7-15)22(28)26-21-13-19(24)18(23)12-20(21)25/h4-13H,3H2,1-2H3,(H,26,28). The highest BCUT2D eigenvalue weighted by molar-refractivity contribution is 7.98. The molecule has 1 amide bonds. The van der Waals surface area contributed by atoms with E-state index < -0.39 is 15.9 Å². The summed E-state index contributed by atoms with van der Waals surface area (Å²) in [6, 6.07) is 15.9.